The van der Waals surface area contributed by atoms with Crippen LogP contribution in [0.2, 0.25) is 5.02 Å². The highest BCUT2D eigenvalue weighted by Gasteiger charge is 2.05. The molecule has 1 aromatic rings. The van der Waals surface area contributed by atoms with E-state index in [1.54, 1.807) is 0 Å². The van der Waals surface area contributed by atoms with Gasteiger partial charge in [0.25, 0.3) is 0 Å². The number of aryl methyl sites for hydroxylation is 1. The number of benzene rings is 1. The highest BCUT2D eigenvalue weighted by atomic mass is 35.5. The summed E-state index contributed by atoms with van der Waals surface area (Å²) >= 11 is 6.10. The molecule has 2 N–H and O–H groups in total. The van der Waals surface area contributed by atoms with Crippen molar-refractivity contribution >= 4 is 11.6 Å². The van der Waals surface area contributed by atoms with Gasteiger partial charge in [0.15, 0.2) is 0 Å². The molecule has 0 unspecified atom stereocenters. The van der Waals surface area contributed by atoms with Crippen molar-refractivity contribution in [1.29, 1.82) is 0 Å². The molecule has 0 atom stereocenters. The largest absolute Gasteiger partial charge is 0.316 e. The standard InChI is InChI=1S/C13H20ClNO/c1-2-3-4-5-7-11-8-6-9-13(14)12(11)10-15-16/h6,8-9,15-16H,2-5,7,10H2,1H3. The summed E-state index contributed by atoms with van der Waals surface area (Å²) in [7, 11) is 0. The Morgan fingerprint density at radius 2 is 2.06 bits per heavy atom. The normalized spacial score (nSPS) is 10.7. The molecule has 0 saturated carbocycles. The van der Waals surface area contributed by atoms with Gasteiger partial charge >= 0.3 is 0 Å². The number of hydroxylamine groups is 1. The van der Waals surface area contributed by atoms with Crippen LogP contribution in [0.4, 0.5) is 0 Å². The quantitative estimate of drug-likeness (QED) is 0.560. The fourth-order valence-corrected chi connectivity index (χ4v) is 2.12. The van der Waals surface area contributed by atoms with Crippen LogP contribution >= 0.6 is 11.6 Å². The van der Waals surface area contributed by atoms with Crippen molar-refractivity contribution < 1.29 is 5.21 Å². The van der Waals surface area contributed by atoms with Crippen LogP contribution in [0.3, 0.4) is 0 Å². The molecule has 0 aliphatic heterocycles. The molecule has 0 bridgehead atoms. The van der Waals surface area contributed by atoms with Gasteiger partial charge in [-0.15, -0.1) is 0 Å². The summed E-state index contributed by atoms with van der Waals surface area (Å²) < 4.78 is 0. The topological polar surface area (TPSA) is 32.3 Å². The molecule has 3 heteroatoms. The fraction of sp³-hybridized carbons (Fsp3) is 0.538. The molecule has 16 heavy (non-hydrogen) atoms. The van der Waals surface area contributed by atoms with E-state index in [9.17, 15) is 0 Å². The van der Waals surface area contributed by atoms with E-state index in [1.807, 2.05) is 12.1 Å². The molecule has 0 aliphatic rings. The second-order valence-corrected chi connectivity index (χ2v) is 4.43. The molecule has 2 nitrogen and oxygen atoms in total. The SMILES string of the molecule is CCCCCCc1cccc(Cl)c1CNO. The molecule has 0 radical (unpaired) electrons. The lowest BCUT2D eigenvalue weighted by molar-refractivity contribution is 0.161. The average Bonchev–Trinajstić information content (AvgIpc) is 2.29. The summed E-state index contributed by atoms with van der Waals surface area (Å²) in [5.74, 6) is 0. The zero-order valence-electron chi connectivity index (χ0n) is 9.80. The Labute approximate surface area is 103 Å². The van der Waals surface area contributed by atoms with Crippen molar-refractivity contribution in [2.75, 3.05) is 0 Å². The van der Waals surface area contributed by atoms with Crippen LogP contribution in [0, 0.1) is 0 Å². The van der Waals surface area contributed by atoms with Gasteiger partial charge in [0.05, 0.1) is 0 Å². The van der Waals surface area contributed by atoms with E-state index in [2.05, 4.69) is 18.5 Å². The third-order valence-electron chi connectivity index (χ3n) is 2.77. The lowest BCUT2D eigenvalue weighted by Gasteiger charge is -2.10. The van der Waals surface area contributed by atoms with Gasteiger partial charge in [0, 0.05) is 11.6 Å². The van der Waals surface area contributed by atoms with E-state index in [0.717, 1.165) is 17.0 Å². The molecule has 0 aromatic heterocycles. The Bertz CT molecular complexity index is 315. The Balaban J connectivity index is 2.59. The number of halogens is 1. The Hall–Kier alpha value is -0.570. The van der Waals surface area contributed by atoms with Gasteiger partial charge in [0.2, 0.25) is 0 Å². The lowest BCUT2D eigenvalue weighted by atomic mass is 10.0. The molecule has 0 aliphatic carbocycles. The van der Waals surface area contributed by atoms with Gasteiger partial charge in [-0.3, -0.25) is 0 Å². The summed E-state index contributed by atoms with van der Waals surface area (Å²) in [4.78, 5) is 0. The summed E-state index contributed by atoms with van der Waals surface area (Å²) in [5.41, 5.74) is 4.44. The smallest absolute Gasteiger partial charge is 0.0475 e. The van der Waals surface area contributed by atoms with Gasteiger partial charge in [-0.05, 0) is 30.0 Å². The van der Waals surface area contributed by atoms with Crippen molar-refractivity contribution in [3.05, 3.63) is 34.3 Å². The first kappa shape index (κ1) is 13.5. The van der Waals surface area contributed by atoms with Gasteiger partial charge in [-0.1, -0.05) is 49.9 Å². The molecule has 90 valence electrons. The highest BCUT2D eigenvalue weighted by Crippen LogP contribution is 2.21. The fourth-order valence-electron chi connectivity index (χ4n) is 1.86. The minimum Gasteiger partial charge on any atom is -0.316 e. The van der Waals surface area contributed by atoms with Crippen molar-refractivity contribution in [3.63, 3.8) is 0 Å². The van der Waals surface area contributed by atoms with Gasteiger partial charge < -0.3 is 5.21 Å². The summed E-state index contributed by atoms with van der Waals surface area (Å²) in [6, 6.07) is 5.92. The van der Waals surface area contributed by atoms with Crippen molar-refractivity contribution in [2.24, 2.45) is 0 Å². The summed E-state index contributed by atoms with van der Waals surface area (Å²) in [5, 5.41) is 9.50. The molecule has 0 heterocycles. The molecule has 0 fully saturated rings. The van der Waals surface area contributed by atoms with Crippen LogP contribution in [-0.4, -0.2) is 5.21 Å². The monoisotopic (exact) mass is 241 g/mol. The molecule has 0 spiro atoms. The first-order valence-electron chi connectivity index (χ1n) is 5.92. The van der Waals surface area contributed by atoms with E-state index in [-0.39, 0.29) is 0 Å². The van der Waals surface area contributed by atoms with Gasteiger partial charge in [-0.25, -0.2) is 5.48 Å². The van der Waals surface area contributed by atoms with E-state index in [0.29, 0.717) is 6.54 Å². The predicted molar refractivity (Wildman–Crippen MR) is 67.9 cm³/mol. The average molecular weight is 242 g/mol. The minimum atomic E-state index is 0.419. The second-order valence-electron chi connectivity index (χ2n) is 4.02. The molecule has 0 saturated heterocycles. The maximum atomic E-state index is 8.77. The van der Waals surface area contributed by atoms with Crippen LogP contribution in [-0.2, 0) is 13.0 Å². The third-order valence-corrected chi connectivity index (χ3v) is 3.13. The number of nitrogens with one attached hydrogen (secondary N) is 1. The van der Waals surface area contributed by atoms with E-state index >= 15 is 0 Å². The summed E-state index contributed by atoms with van der Waals surface area (Å²) in [6.07, 6.45) is 6.02. The Morgan fingerprint density at radius 1 is 1.25 bits per heavy atom. The maximum Gasteiger partial charge on any atom is 0.0475 e. The molecular formula is C13H20ClNO. The molecule has 0 amide bonds. The third kappa shape index (κ3) is 4.12. The molecular weight excluding hydrogens is 222 g/mol. The lowest BCUT2D eigenvalue weighted by Crippen LogP contribution is -2.09. The van der Waals surface area contributed by atoms with Crippen LogP contribution in [0.15, 0.2) is 18.2 Å². The van der Waals surface area contributed by atoms with Crippen LogP contribution in [0.5, 0.6) is 0 Å². The molecule has 1 rings (SSSR count). The minimum absolute atomic E-state index is 0.419. The maximum absolute atomic E-state index is 8.77. The predicted octanol–water partition coefficient (Wildman–Crippen LogP) is 3.94. The second kappa shape index (κ2) is 7.66. The van der Waals surface area contributed by atoms with Crippen LogP contribution in [0.25, 0.3) is 0 Å². The Kier molecular flexibility index (Phi) is 6.46. The number of unbranched alkanes of at least 4 members (excludes halogenated alkanes) is 3. The number of hydrogen-bond acceptors (Lipinski definition) is 2. The van der Waals surface area contributed by atoms with Crippen molar-refractivity contribution in [3.8, 4) is 0 Å². The Morgan fingerprint density at radius 3 is 2.75 bits per heavy atom. The van der Waals surface area contributed by atoms with E-state index in [1.165, 1.54) is 31.2 Å². The van der Waals surface area contributed by atoms with E-state index < -0.39 is 0 Å². The highest BCUT2D eigenvalue weighted by molar-refractivity contribution is 6.31. The number of rotatable bonds is 7. The van der Waals surface area contributed by atoms with E-state index in [4.69, 9.17) is 16.8 Å². The zero-order valence-corrected chi connectivity index (χ0v) is 10.6. The molecule has 1 aromatic carbocycles. The van der Waals surface area contributed by atoms with Crippen molar-refractivity contribution in [2.45, 2.75) is 45.6 Å². The first-order valence-corrected chi connectivity index (χ1v) is 6.30. The van der Waals surface area contributed by atoms with Gasteiger partial charge in [0.1, 0.15) is 0 Å². The first-order chi connectivity index (χ1) is 7.79. The zero-order chi connectivity index (χ0) is 11.8. The van der Waals surface area contributed by atoms with Crippen LogP contribution < -0.4 is 5.48 Å². The van der Waals surface area contributed by atoms with Gasteiger partial charge in [-0.2, -0.15) is 0 Å². The van der Waals surface area contributed by atoms with Crippen LogP contribution in [0.1, 0.15) is 43.7 Å². The summed E-state index contributed by atoms with van der Waals surface area (Å²) in [6.45, 7) is 2.63. The van der Waals surface area contributed by atoms with Crippen molar-refractivity contribution in [1.82, 2.24) is 5.48 Å². The number of hydrogen-bond donors (Lipinski definition) is 2.